The number of aryl methyl sites for hydroxylation is 1. The number of aromatic nitrogens is 1. The zero-order chi connectivity index (χ0) is 19.6. The van der Waals surface area contributed by atoms with Crippen LogP contribution in [0.15, 0.2) is 45.7 Å². The molecule has 0 unspecified atom stereocenters. The van der Waals surface area contributed by atoms with E-state index in [1.54, 1.807) is 13.2 Å². The van der Waals surface area contributed by atoms with Crippen LogP contribution in [0, 0.1) is 6.92 Å². The summed E-state index contributed by atoms with van der Waals surface area (Å²) in [6.07, 6.45) is 0. The number of anilines is 2. The van der Waals surface area contributed by atoms with Gasteiger partial charge in [0, 0.05) is 13.1 Å². The first kappa shape index (κ1) is 19.2. The Kier molecular flexibility index (Phi) is 5.38. The van der Waals surface area contributed by atoms with Crippen LogP contribution in [-0.4, -0.2) is 37.9 Å². The molecule has 0 amide bonds. The van der Waals surface area contributed by atoms with E-state index in [9.17, 15) is 8.42 Å². The van der Waals surface area contributed by atoms with Gasteiger partial charge in [-0.2, -0.15) is 9.29 Å². The van der Waals surface area contributed by atoms with Gasteiger partial charge in [-0.25, -0.2) is 8.42 Å². The predicted molar refractivity (Wildman–Crippen MR) is 105 cm³/mol. The highest BCUT2D eigenvalue weighted by Crippen LogP contribution is 2.30. The fraction of sp³-hybridized carbons (Fsp3) is 0.316. The number of sulfonamides is 1. The summed E-state index contributed by atoms with van der Waals surface area (Å²) < 4.78 is 37.8. The summed E-state index contributed by atoms with van der Waals surface area (Å²) >= 11 is 0. The van der Waals surface area contributed by atoms with Crippen LogP contribution >= 0.6 is 0 Å². The molecule has 0 saturated carbocycles. The van der Waals surface area contributed by atoms with Crippen molar-refractivity contribution in [2.45, 2.75) is 25.7 Å². The Bertz CT molecular complexity index is 1060. The largest absolute Gasteiger partial charge is 0.495 e. The van der Waals surface area contributed by atoms with Crippen molar-refractivity contribution in [3.05, 3.63) is 42.0 Å². The van der Waals surface area contributed by atoms with Crippen LogP contribution in [0.3, 0.4) is 0 Å². The summed E-state index contributed by atoms with van der Waals surface area (Å²) in [5.74, 6) is 0.660. The molecule has 0 spiro atoms. The minimum atomic E-state index is -3.55. The van der Waals surface area contributed by atoms with Gasteiger partial charge in [-0.1, -0.05) is 19.9 Å². The molecule has 2 aromatic carbocycles. The van der Waals surface area contributed by atoms with Crippen molar-refractivity contribution in [3.63, 3.8) is 0 Å². The van der Waals surface area contributed by atoms with Crippen molar-refractivity contribution < 1.29 is 17.6 Å². The fourth-order valence-corrected chi connectivity index (χ4v) is 4.35. The van der Waals surface area contributed by atoms with Crippen LogP contribution in [0.5, 0.6) is 5.75 Å². The van der Waals surface area contributed by atoms with Crippen molar-refractivity contribution >= 4 is 32.8 Å². The zero-order valence-electron chi connectivity index (χ0n) is 15.8. The molecule has 0 radical (unpaired) electrons. The number of nitrogens with one attached hydrogen (secondary N) is 1. The molecule has 3 aromatic rings. The summed E-state index contributed by atoms with van der Waals surface area (Å²) in [5, 5.41) is 3.09. The number of rotatable bonds is 7. The first-order valence-corrected chi connectivity index (χ1v) is 10.2. The maximum absolute atomic E-state index is 12.7. The van der Waals surface area contributed by atoms with E-state index in [0.29, 0.717) is 29.9 Å². The molecule has 27 heavy (non-hydrogen) atoms. The monoisotopic (exact) mass is 389 g/mol. The van der Waals surface area contributed by atoms with Gasteiger partial charge in [-0.3, -0.25) is 0 Å². The maximum Gasteiger partial charge on any atom is 0.300 e. The average molecular weight is 389 g/mol. The average Bonchev–Trinajstić information content (AvgIpc) is 3.04. The van der Waals surface area contributed by atoms with Crippen LogP contribution in [0.4, 0.5) is 11.7 Å². The highest BCUT2D eigenvalue weighted by Gasteiger charge is 2.22. The van der Waals surface area contributed by atoms with E-state index >= 15 is 0 Å². The lowest BCUT2D eigenvalue weighted by molar-refractivity contribution is 0.416. The third kappa shape index (κ3) is 3.77. The van der Waals surface area contributed by atoms with E-state index in [0.717, 1.165) is 11.3 Å². The minimum absolute atomic E-state index is 0.201. The number of nitrogens with zero attached hydrogens (tertiary/aromatic N) is 2. The summed E-state index contributed by atoms with van der Waals surface area (Å²) in [4.78, 5) is 4.58. The van der Waals surface area contributed by atoms with Gasteiger partial charge in [-0.05, 0) is 42.8 Å². The predicted octanol–water partition coefficient (Wildman–Crippen LogP) is 3.92. The lowest BCUT2D eigenvalue weighted by atomic mass is 10.2. The number of hydrogen-bond acceptors (Lipinski definition) is 6. The molecule has 0 aliphatic carbocycles. The summed E-state index contributed by atoms with van der Waals surface area (Å²) in [5.41, 5.74) is 2.75. The normalized spacial score (nSPS) is 11.9. The Hall–Kier alpha value is -2.58. The highest BCUT2D eigenvalue weighted by molar-refractivity contribution is 7.89. The molecule has 0 aliphatic heterocycles. The number of methoxy groups -OCH3 is 1. The lowest BCUT2D eigenvalue weighted by Gasteiger charge is -2.18. The Morgan fingerprint density at radius 3 is 2.56 bits per heavy atom. The second kappa shape index (κ2) is 7.58. The van der Waals surface area contributed by atoms with Crippen molar-refractivity contribution in [3.8, 4) is 5.75 Å². The molecule has 0 atom stereocenters. The SMILES string of the molecule is CCN(CC)S(=O)(=O)c1ccc2oc(Nc3cc(C)ccc3OC)nc2c1. The molecule has 7 nitrogen and oxygen atoms in total. The van der Waals surface area contributed by atoms with E-state index in [2.05, 4.69) is 10.3 Å². The molecule has 3 rings (SSSR count). The van der Waals surface area contributed by atoms with Gasteiger partial charge in [0.25, 0.3) is 6.01 Å². The van der Waals surface area contributed by atoms with Crippen LogP contribution in [0.2, 0.25) is 0 Å². The molecule has 1 heterocycles. The second-order valence-corrected chi connectivity index (χ2v) is 8.00. The van der Waals surface area contributed by atoms with Crippen LogP contribution in [0.25, 0.3) is 11.1 Å². The van der Waals surface area contributed by atoms with E-state index in [-0.39, 0.29) is 10.9 Å². The minimum Gasteiger partial charge on any atom is -0.495 e. The van der Waals surface area contributed by atoms with Crippen LogP contribution in [0.1, 0.15) is 19.4 Å². The third-order valence-electron chi connectivity index (χ3n) is 4.30. The van der Waals surface area contributed by atoms with Crippen LogP contribution < -0.4 is 10.1 Å². The molecular formula is C19H23N3O4S. The molecule has 1 aromatic heterocycles. The molecule has 144 valence electrons. The molecule has 1 N–H and O–H groups in total. The summed E-state index contributed by atoms with van der Waals surface area (Å²) in [6.45, 7) is 6.42. The number of oxazole rings is 1. The van der Waals surface area contributed by atoms with Crippen molar-refractivity contribution in [2.24, 2.45) is 0 Å². The Labute approximate surface area is 159 Å². The molecule has 8 heteroatoms. The zero-order valence-corrected chi connectivity index (χ0v) is 16.6. The number of benzene rings is 2. The lowest BCUT2D eigenvalue weighted by Crippen LogP contribution is -2.30. The van der Waals surface area contributed by atoms with Gasteiger partial charge in [-0.15, -0.1) is 0 Å². The smallest absolute Gasteiger partial charge is 0.300 e. The molecule has 0 aliphatic rings. The number of fused-ring (bicyclic) bond motifs is 1. The van der Waals surface area contributed by atoms with Crippen molar-refractivity contribution in [2.75, 3.05) is 25.5 Å². The highest BCUT2D eigenvalue weighted by atomic mass is 32.2. The summed E-state index contributed by atoms with van der Waals surface area (Å²) in [6, 6.07) is 10.7. The van der Waals surface area contributed by atoms with Crippen LogP contribution in [-0.2, 0) is 10.0 Å². The summed E-state index contributed by atoms with van der Waals surface area (Å²) in [7, 11) is -1.96. The first-order valence-electron chi connectivity index (χ1n) is 8.71. The van der Waals surface area contributed by atoms with E-state index in [4.69, 9.17) is 9.15 Å². The van der Waals surface area contributed by atoms with Gasteiger partial charge < -0.3 is 14.5 Å². The van der Waals surface area contributed by atoms with Gasteiger partial charge in [0.1, 0.15) is 11.3 Å². The molecule has 0 saturated heterocycles. The first-order chi connectivity index (χ1) is 12.9. The quantitative estimate of drug-likeness (QED) is 0.659. The Morgan fingerprint density at radius 2 is 1.89 bits per heavy atom. The standard InChI is InChI=1S/C19H23N3O4S/c1-5-22(6-2)27(23,24)14-8-10-18-16(12-14)21-19(26-18)20-15-11-13(3)7-9-17(15)25-4/h7-12H,5-6H2,1-4H3,(H,20,21). The van der Waals surface area contributed by atoms with Crippen molar-refractivity contribution in [1.29, 1.82) is 0 Å². The molecule has 0 bridgehead atoms. The molecule has 0 fully saturated rings. The van der Waals surface area contributed by atoms with E-state index in [1.165, 1.54) is 16.4 Å². The Morgan fingerprint density at radius 1 is 1.15 bits per heavy atom. The van der Waals surface area contributed by atoms with Gasteiger partial charge in [0.15, 0.2) is 5.58 Å². The van der Waals surface area contributed by atoms with Crippen molar-refractivity contribution in [1.82, 2.24) is 9.29 Å². The number of ether oxygens (including phenoxy) is 1. The van der Waals surface area contributed by atoms with Gasteiger partial charge >= 0.3 is 0 Å². The molecular weight excluding hydrogens is 366 g/mol. The fourth-order valence-electron chi connectivity index (χ4n) is 2.87. The van der Waals surface area contributed by atoms with E-state index in [1.807, 2.05) is 39.0 Å². The third-order valence-corrected chi connectivity index (χ3v) is 6.34. The van der Waals surface area contributed by atoms with Gasteiger partial charge in [0.05, 0.1) is 17.7 Å². The van der Waals surface area contributed by atoms with E-state index < -0.39 is 10.0 Å². The van der Waals surface area contributed by atoms with Gasteiger partial charge in [0.2, 0.25) is 10.0 Å². The maximum atomic E-state index is 12.7. The Balaban J connectivity index is 1.96. The number of hydrogen-bond donors (Lipinski definition) is 1. The topological polar surface area (TPSA) is 84.7 Å². The second-order valence-electron chi connectivity index (χ2n) is 6.07.